The molecule has 1 heterocycles. The van der Waals surface area contributed by atoms with Crippen LogP contribution in [0.15, 0.2) is 24.4 Å². The highest BCUT2D eigenvalue weighted by Gasteiger charge is 2.20. The summed E-state index contributed by atoms with van der Waals surface area (Å²) in [5.41, 5.74) is 1.52. The molecule has 1 amide bonds. The zero-order valence-corrected chi connectivity index (χ0v) is 14.8. The van der Waals surface area contributed by atoms with Gasteiger partial charge in [0.05, 0.1) is 10.5 Å². The lowest BCUT2D eigenvalue weighted by Gasteiger charge is -2.23. The first-order chi connectivity index (χ1) is 10.8. The summed E-state index contributed by atoms with van der Waals surface area (Å²) in [6.45, 7) is 6.19. The Morgan fingerprint density at radius 3 is 2.78 bits per heavy atom. The van der Waals surface area contributed by atoms with Crippen molar-refractivity contribution in [2.75, 3.05) is 13.6 Å². The van der Waals surface area contributed by atoms with Crippen molar-refractivity contribution < 1.29 is 9.53 Å². The number of halogens is 1. The average Bonchev–Trinajstić information content (AvgIpc) is 2.81. The molecule has 0 aliphatic carbocycles. The lowest BCUT2D eigenvalue weighted by molar-refractivity contribution is 0.0504. The van der Waals surface area contributed by atoms with E-state index in [1.807, 2.05) is 52.2 Å². The first-order valence-corrected chi connectivity index (χ1v) is 8.06. The number of alkyl carbamates (subject to hydrolysis) is 1. The standard InChI is InChI=1S/C17H24ClN3O2/c1-17(2,3)23-16(22)21-12(10-19-4)8-11-9-20-15-13(11)6-5-7-14(15)18/h5-7,9,12,19-20H,8,10H2,1-4H3,(H,21,22)/t12-/m1/s1. The molecule has 5 nitrogen and oxygen atoms in total. The Balaban J connectivity index is 2.12. The number of nitrogens with one attached hydrogen (secondary N) is 3. The number of aromatic amines is 1. The number of rotatable bonds is 5. The normalized spacial score (nSPS) is 13.1. The van der Waals surface area contributed by atoms with Gasteiger partial charge >= 0.3 is 6.09 Å². The molecule has 6 heteroatoms. The van der Waals surface area contributed by atoms with Crippen LogP contribution in [0.25, 0.3) is 10.9 Å². The molecular formula is C17H24ClN3O2. The number of likely N-dealkylation sites (N-methyl/N-ethyl adjacent to an activating group) is 1. The van der Waals surface area contributed by atoms with Gasteiger partial charge in [-0.1, -0.05) is 23.7 Å². The van der Waals surface area contributed by atoms with Crippen molar-refractivity contribution in [3.05, 3.63) is 35.0 Å². The molecular weight excluding hydrogens is 314 g/mol. The van der Waals surface area contributed by atoms with Gasteiger partial charge in [-0.05, 0) is 45.9 Å². The van der Waals surface area contributed by atoms with E-state index in [4.69, 9.17) is 16.3 Å². The number of benzene rings is 1. The van der Waals surface area contributed by atoms with Crippen LogP contribution in [0.3, 0.4) is 0 Å². The molecule has 0 saturated carbocycles. The summed E-state index contributed by atoms with van der Waals surface area (Å²) in [5.74, 6) is 0. The molecule has 0 fully saturated rings. The van der Waals surface area contributed by atoms with Gasteiger partial charge in [0, 0.05) is 24.2 Å². The zero-order chi connectivity index (χ0) is 17.0. The van der Waals surface area contributed by atoms with Crippen LogP contribution in [-0.2, 0) is 11.2 Å². The molecule has 0 saturated heterocycles. The predicted molar refractivity (Wildman–Crippen MR) is 94.1 cm³/mol. The van der Waals surface area contributed by atoms with Crippen molar-refractivity contribution >= 4 is 28.6 Å². The number of hydrogen-bond acceptors (Lipinski definition) is 3. The Kier molecular flexibility index (Phi) is 5.55. The lowest BCUT2D eigenvalue weighted by atomic mass is 10.0. The molecule has 0 unspecified atom stereocenters. The fourth-order valence-electron chi connectivity index (χ4n) is 2.50. The van der Waals surface area contributed by atoms with Crippen LogP contribution < -0.4 is 10.6 Å². The highest BCUT2D eigenvalue weighted by molar-refractivity contribution is 6.35. The summed E-state index contributed by atoms with van der Waals surface area (Å²) in [6.07, 6.45) is 2.21. The van der Waals surface area contributed by atoms with Crippen molar-refractivity contribution in [2.24, 2.45) is 0 Å². The highest BCUT2D eigenvalue weighted by Crippen LogP contribution is 2.25. The summed E-state index contributed by atoms with van der Waals surface area (Å²) in [5, 5.41) is 7.79. The van der Waals surface area contributed by atoms with Gasteiger partial charge in [0.15, 0.2) is 0 Å². The number of para-hydroxylation sites is 1. The Morgan fingerprint density at radius 2 is 2.13 bits per heavy atom. The number of H-pyrrole nitrogens is 1. The largest absolute Gasteiger partial charge is 0.444 e. The maximum Gasteiger partial charge on any atom is 0.407 e. The molecule has 23 heavy (non-hydrogen) atoms. The van der Waals surface area contributed by atoms with Crippen LogP contribution in [0.1, 0.15) is 26.3 Å². The van der Waals surface area contributed by atoms with E-state index in [1.165, 1.54) is 0 Å². The maximum atomic E-state index is 12.0. The minimum Gasteiger partial charge on any atom is -0.444 e. The van der Waals surface area contributed by atoms with E-state index in [2.05, 4.69) is 15.6 Å². The molecule has 0 aliphatic rings. The van der Waals surface area contributed by atoms with Gasteiger partial charge < -0.3 is 20.4 Å². The second-order valence-electron chi connectivity index (χ2n) is 6.58. The van der Waals surface area contributed by atoms with Gasteiger partial charge in [-0.15, -0.1) is 0 Å². The molecule has 1 atom stereocenters. The summed E-state index contributed by atoms with van der Waals surface area (Å²) in [4.78, 5) is 15.2. The minimum absolute atomic E-state index is 0.0761. The van der Waals surface area contributed by atoms with Crippen molar-refractivity contribution in [1.29, 1.82) is 0 Å². The third-order valence-corrected chi connectivity index (χ3v) is 3.70. The van der Waals surface area contributed by atoms with E-state index < -0.39 is 11.7 Å². The molecule has 3 N–H and O–H groups in total. The van der Waals surface area contributed by atoms with Gasteiger partial charge in [0.25, 0.3) is 0 Å². The van der Waals surface area contributed by atoms with Gasteiger partial charge in [-0.2, -0.15) is 0 Å². The Labute approximate surface area is 141 Å². The van der Waals surface area contributed by atoms with Crippen LogP contribution in [0.5, 0.6) is 0 Å². The third kappa shape index (κ3) is 4.88. The first kappa shape index (κ1) is 17.6. The SMILES string of the molecule is CNC[C@@H](Cc1c[nH]c2c(Cl)cccc12)NC(=O)OC(C)(C)C. The number of carbonyl (C=O) groups excluding carboxylic acids is 1. The van der Waals surface area contributed by atoms with E-state index >= 15 is 0 Å². The fraction of sp³-hybridized carbons (Fsp3) is 0.471. The van der Waals surface area contributed by atoms with Crippen molar-refractivity contribution in [3.63, 3.8) is 0 Å². The number of aromatic nitrogens is 1. The summed E-state index contributed by atoms with van der Waals surface area (Å²) < 4.78 is 5.33. The molecule has 0 bridgehead atoms. The van der Waals surface area contributed by atoms with Crippen LogP contribution >= 0.6 is 11.6 Å². The number of amides is 1. The Hall–Kier alpha value is -1.72. The Morgan fingerprint density at radius 1 is 1.39 bits per heavy atom. The second-order valence-corrected chi connectivity index (χ2v) is 6.99. The van der Waals surface area contributed by atoms with Crippen LogP contribution in [0.2, 0.25) is 5.02 Å². The van der Waals surface area contributed by atoms with E-state index in [0.717, 1.165) is 16.5 Å². The van der Waals surface area contributed by atoms with Crippen LogP contribution in [-0.4, -0.2) is 36.3 Å². The average molecular weight is 338 g/mol. The Bertz CT molecular complexity index is 676. The number of fused-ring (bicyclic) bond motifs is 1. The summed E-state index contributed by atoms with van der Waals surface area (Å²) in [6, 6.07) is 5.73. The van der Waals surface area contributed by atoms with E-state index in [-0.39, 0.29) is 6.04 Å². The molecule has 126 valence electrons. The van der Waals surface area contributed by atoms with Crippen molar-refractivity contribution in [3.8, 4) is 0 Å². The molecule has 2 rings (SSSR count). The molecule has 1 aromatic heterocycles. The van der Waals surface area contributed by atoms with Gasteiger partial charge in [-0.25, -0.2) is 4.79 Å². The topological polar surface area (TPSA) is 66.2 Å². The number of carbonyl (C=O) groups is 1. The zero-order valence-electron chi connectivity index (χ0n) is 14.0. The summed E-state index contributed by atoms with van der Waals surface area (Å²) >= 11 is 6.19. The summed E-state index contributed by atoms with van der Waals surface area (Å²) in [7, 11) is 1.86. The third-order valence-electron chi connectivity index (χ3n) is 3.39. The molecule has 0 aliphatic heterocycles. The van der Waals surface area contributed by atoms with E-state index in [9.17, 15) is 4.79 Å². The van der Waals surface area contributed by atoms with Crippen molar-refractivity contribution in [1.82, 2.24) is 15.6 Å². The molecule has 1 aromatic carbocycles. The highest BCUT2D eigenvalue weighted by atomic mass is 35.5. The molecule has 0 spiro atoms. The number of ether oxygens (including phenoxy) is 1. The number of hydrogen-bond donors (Lipinski definition) is 3. The van der Waals surface area contributed by atoms with Crippen LogP contribution in [0.4, 0.5) is 4.79 Å². The lowest BCUT2D eigenvalue weighted by Crippen LogP contribution is -2.44. The van der Waals surface area contributed by atoms with E-state index in [0.29, 0.717) is 18.0 Å². The second kappa shape index (κ2) is 7.23. The van der Waals surface area contributed by atoms with Crippen molar-refractivity contribution in [2.45, 2.75) is 38.8 Å². The van der Waals surface area contributed by atoms with Gasteiger partial charge in [0.1, 0.15) is 5.60 Å². The molecule has 0 radical (unpaired) electrons. The monoisotopic (exact) mass is 337 g/mol. The van der Waals surface area contributed by atoms with Crippen LogP contribution in [0, 0.1) is 0 Å². The fourth-order valence-corrected chi connectivity index (χ4v) is 2.73. The minimum atomic E-state index is -0.511. The van der Waals surface area contributed by atoms with E-state index in [1.54, 1.807) is 0 Å². The molecule has 2 aromatic rings. The quantitative estimate of drug-likeness (QED) is 0.782. The first-order valence-electron chi connectivity index (χ1n) is 7.69. The maximum absolute atomic E-state index is 12.0. The van der Waals surface area contributed by atoms with Gasteiger partial charge in [-0.3, -0.25) is 0 Å². The van der Waals surface area contributed by atoms with Gasteiger partial charge in [0.2, 0.25) is 0 Å². The smallest absolute Gasteiger partial charge is 0.407 e. The predicted octanol–water partition coefficient (Wildman–Crippen LogP) is 3.48.